The van der Waals surface area contributed by atoms with Crippen LogP contribution < -0.4 is 0 Å². The van der Waals surface area contributed by atoms with E-state index in [1.54, 1.807) is 6.92 Å². The highest BCUT2D eigenvalue weighted by molar-refractivity contribution is 4.77. The SMILES string of the molecule is [CH2]COCCOCC(OCC)(OCC)OC(=C)C. The number of allylic oxidation sites excluding steroid dienone is 1. The molecule has 0 amide bonds. The zero-order valence-electron chi connectivity index (χ0n) is 11.7. The first-order chi connectivity index (χ1) is 8.60. The smallest absolute Gasteiger partial charge is 0.351 e. The summed E-state index contributed by atoms with van der Waals surface area (Å²) < 4.78 is 27.0. The zero-order valence-corrected chi connectivity index (χ0v) is 11.7. The normalized spacial score (nSPS) is 11.6. The van der Waals surface area contributed by atoms with Gasteiger partial charge in [0.2, 0.25) is 0 Å². The van der Waals surface area contributed by atoms with Crippen LogP contribution in [0.15, 0.2) is 12.3 Å². The molecule has 0 aliphatic carbocycles. The van der Waals surface area contributed by atoms with Crippen LogP contribution in [-0.2, 0) is 23.7 Å². The summed E-state index contributed by atoms with van der Waals surface area (Å²) in [6, 6.07) is 0. The summed E-state index contributed by atoms with van der Waals surface area (Å²) in [5, 5.41) is 0. The minimum Gasteiger partial charge on any atom is -0.443 e. The number of hydrogen-bond donors (Lipinski definition) is 0. The van der Waals surface area contributed by atoms with Gasteiger partial charge in [-0.25, -0.2) is 0 Å². The first-order valence-electron chi connectivity index (χ1n) is 6.17. The molecule has 0 aromatic rings. The van der Waals surface area contributed by atoms with Gasteiger partial charge in [-0.05, 0) is 27.7 Å². The van der Waals surface area contributed by atoms with Gasteiger partial charge in [0.1, 0.15) is 6.61 Å². The van der Waals surface area contributed by atoms with Crippen LogP contribution in [0, 0.1) is 6.92 Å². The molecule has 0 aromatic heterocycles. The average Bonchev–Trinajstić information content (AvgIpc) is 2.28. The second kappa shape index (κ2) is 10.3. The molecule has 0 rings (SSSR count). The summed E-state index contributed by atoms with van der Waals surface area (Å²) in [4.78, 5) is 0. The van der Waals surface area contributed by atoms with Crippen molar-refractivity contribution in [3.8, 4) is 0 Å². The lowest BCUT2D eigenvalue weighted by Gasteiger charge is -2.32. The summed E-state index contributed by atoms with van der Waals surface area (Å²) in [5.74, 6) is -0.714. The van der Waals surface area contributed by atoms with Gasteiger partial charge in [-0.1, -0.05) is 6.58 Å². The van der Waals surface area contributed by atoms with E-state index in [2.05, 4.69) is 13.5 Å². The van der Waals surface area contributed by atoms with Crippen LogP contribution in [0.5, 0.6) is 0 Å². The van der Waals surface area contributed by atoms with Crippen LogP contribution in [0.1, 0.15) is 20.8 Å². The Balaban J connectivity index is 4.27. The number of ether oxygens (including phenoxy) is 5. The Kier molecular flexibility index (Phi) is 9.96. The molecule has 0 saturated heterocycles. The van der Waals surface area contributed by atoms with Crippen LogP contribution in [0.2, 0.25) is 0 Å². The average molecular weight is 261 g/mol. The molecule has 0 N–H and O–H groups in total. The molecule has 0 heterocycles. The van der Waals surface area contributed by atoms with Crippen molar-refractivity contribution in [1.82, 2.24) is 0 Å². The minimum atomic E-state index is -1.22. The third-order valence-electron chi connectivity index (χ3n) is 1.85. The molecule has 0 saturated carbocycles. The fraction of sp³-hybridized carbons (Fsp3) is 0.769. The molecule has 107 valence electrons. The van der Waals surface area contributed by atoms with Crippen molar-refractivity contribution < 1.29 is 23.7 Å². The Bertz CT molecular complexity index is 211. The first kappa shape index (κ1) is 17.4. The topological polar surface area (TPSA) is 46.2 Å². The Hall–Kier alpha value is -0.620. The van der Waals surface area contributed by atoms with E-state index < -0.39 is 5.97 Å². The van der Waals surface area contributed by atoms with E-state index in [1.807, 2.05) is 13.8 Å². The molecule has 5 heteroatoms. The highest BCUT2D eigenvalue weighted by atomic mass is 16.9. The van der Waals surface area contributed by atoms with Crippen molar-refractivity contribution in [3.63, 3.8) is 0 Å². The Labute approximate surface area is 110 Å². The molecule has 0 aliphatic rings. The maximum absolute atomic E-state index is 5.51. The summed E-state index contributed by atoms with van der Waals surface area (Å²) in [6.45, 7) is 15.1. The second-order valence-electron chi connectivity index (χ2n) is 3.52. The molecular formula is C13H25O5. The van der Waals surface area contributed by atoms with E-state index in [4.69, 9.17) is 23.7 Å². The molecule has 0 aliphatic heterocycles. The lowest BCUT2D eigenvalue weighted by atomic mass is 10.5. The van der Waals surface area contributed by atoms with Gasteiger partial charge < -0.3 is 23.7 Å². The molecule has 1 radical (unpaired) electrons. The van der Waals surface area contributed by atoms with E-state index in [0.717, 1.165) is 0 Å². The monoisotopic (exact) mass is 261 g/mol. The second-order valence-corrected chi connectivity index (χ2v) is 3.52. The van der Waals surface area contributed by atoms with Crippen molar-refractivity contribution >= 4 is 0 Å². The molecule has 18 heavy (non-hydrogen) atoms. The van der Waals surface area contributed by atoms with Gasteiger partial charge in [-0.3, -0.25) is 0 Å². The molecule has 0 spiro atoms. The van der Waals surface area contributed by atoms with Gasteiger partial charge in [0.25, 0.3) is 0 Å². The fourth-order valence-electron chi connectivity index (χ4n) is 1.34. The summed E-state index contributed by atoms with van der Waals surface area (Å²) in [6.07, 6.45) is 0. The Morgan fingerprint density at radius 3 is 2.06 bits per heavy atom. The van der Waals surface area contributed by atoms with E-state index >= 15 is 0 Å². The summed E-state index contributed by atoms with van der Waals surface area (Å²) in [7, 11) is 0. The molecular weight excluding hydrogens is 236 g/mol. The maximum atomic E-state index is 5.51. The van der Waals surface area contributed by atoms with Crippen LogP contribution in [-0.4, -0.2) is 45.6 Å². The highest BCUT2D eigenvalue weighted by Gasteiger charge is 2.34. The van der Waals surface area contributed by atoms with Crippen molar-refractivity contribution in [1.29, 1.82) is 0 Å². The highest BCUT2D eigenvalue weighted by Crippen LogP contribution is 2.19. The first-order valence-corrected chi connectivity index (χ1v) is 6.17. The van der Waals surface area contributed by atoms with Crippen molar-refractivity contribution in [2.24, 2.45) is 0 Å². The number of rotatable bonds is 12. The van der Waals surface area contributed by atoms with Crippen LogP contribution >= 0.6 is 0 Å². The predicted octanol–water partition coefficient (Wildman–Crippen LogP) is 2.13. The van der Waals surface area contributed by atoms with Gasteiger partial charge in [0.05, 0.1) is 32.2 Å². The van der Waals surface area contributed by atoms with E-state index in [-0.39, 0.29) is 6.61 Å². The maximum Gasteiger partial charge on any atom is 0.351 e. The van der Waals surface area contributed by atoms with Crippen molar-refractivity contribution in [3.05, 3.63) is 19.3 Å². The Morgan fingerprint density at radius 1 is 1.06 bits per heavy atom. The van der Waals surface area contributed by atoms with E-state index in [9.17, 15) is 0 Å². The van der Waals surface area contributed by atoms with Crippen LogP contribution in [0.25, 0.3) is 0 Å². The number of hydrogen-bond acceptors (Lipinski definition) is 5. The van der Waals surface area contributed by atoms with Gasteiger partial charge in [0.15, 0.2) is 0 Å². The molecule has 0 atom stereocenters. The standard InChI is InChI=1S/C13H25O5/c1-6-14-9-10-15-11-13(16-7-2,17-8-3)18-12(4)5/h1,4,6-11H2,2-3,5H3. The molecule has 0 aromatic carbocycles. The van der Waals surface area contributed by atoms with E-state index in [1.165, 1.54) is 0 Å². The van der Waals surface area contributed by atoms with Gasteiger partial charge in [-0.2, -0.15) is 0 Å². The van der Waals surface area contributed by atoms with Crippen molar-refractivity contribution in [2.75, 3.05) is 39.6 Å². The largest absolute Gasteiger partial charge is 0.443 e. The quantitative estimate of drug-likeness (QED) is 0.306. The third kappa shape index (κ3) is 7.66. The zero-order chi connectivity index (χ0) is 13.9. The van der Waals surface area contributed by atoms with Crippen molar-refractivity contribution in [2.45, 2.75) is 26.7 Å². The predicted molar refractivity (Wildman–Crippen MR) is 68.9 cm³/mol. The molecule has 0 unspecified atom stereocenters. The lowest BCUT2D eigenvalue weighted by molar-refractivity contribution is -0.379. The minimum absolute atomic E-state index is 0.155. The molecule has 0 bridgehead atoms. The third-order valence-corrected chi connectivity index (χ3v) is 1.85. The van der Waals surface area contributed by atoms with Gasteiger partial charge in [-0.15, -0.1) is 0 Å². The van der Waals surface area contributed by atoms with Gasteiger partial charge in [0, 0.05) is 6.61 Å². The van der Waals surface area contributed by atoms with Crippen LogP contribution in [0.3, 0.4) is 0 Å². The molecule has 5 nitrogen and oxygen atoms in total. The lowest BCUT2D eigenvalue weighted by Crippen LogP contribution is -2.43. The molecule has 0 fully saturated rings. The Morgan fingerprint density at radius 2 is 1.61 bits per heavy atom. The van der Waals surface area contributed by atoms with Crippen LogP contribution in [0.4, 0.5) is 0 Å². The summed E-state index contributed by atoms with van der Waals surface area (Å²) in [5.41, 5.74) is 0. The van der Waals surface area contributed by atoms with E-state index in [0.29, 0.717) is 38.8 Å². The van der Waals surface area contributed by atoms with Gasteiger partial charge >= 0.3 is 5.97 Å². The summed E-state index contributed by atoms with van der Waals surface area (Å²) >= 11 is 0. The fourth-order valence-corrected chi connectivity index (χ4v) is 1.34.